The van der Waals surface area contributed by atoms with E-state index in [1.807, 2.05) is 39.0 Å². The predicted molar refractivity (Wildman–Crippen MR) is 93.9 cm³/mol. The molecule has 0 aliphatic carbocycles. The highest BCUT2D eigenvalue weighted by Crippen LogP contribution is 2.36. The summed E-state index contributed by atoms with van der Waals surface area (Å²) in [5, 5.41) is 15.4. The summed E-state index contributed by atoms with van der Waals surface area (Å²) < 4.78 is 5.74. The molecule has 0 fully saturated rings. The van der Waals surface area contributed by atoms with Crippen LogP contribution in [0.1, 0.15) is 20.8 Å². The summed E-state index contributed by atoms with van der Waals surface area (Å²) in [6, 6.07) is 9.07. The van der Waals surface area contributed by atoms with E-state index in [0.717, 1.165) is 5.39 Å². The fourth-order valence-electron chi connectivity index (χ4n) is 2.31. The van der Waals surface area contributed by atoms with Crippen molar-refractivity contribution in [2.75, 3.05) is 5.32 Å². The Morgan fingerprint density at radius 1 is 1.12 bits per heavy atom. The van der Waals surface area contributed by atoms with Gasteiger partial charge in [0.2, 0.25) is 5.82 Å². The van der Waals surface area contributed by atoms with E-state index >= 15 is 0 Å². The third-order valence-electron chi connectivity index (χ3n) is 3.27. The van der Waals surface area contributed by atoms with Gasteiger partial charge >= 0.3 is 11.6 Å². The summed E-state index contributed by atoms with van der Waals surface area (Å²) in [4.78, 5) is 23.2. The zero-order chi connectivity index (χ0) is 18.0. The maximum Gasteiger partial charge on any atom is 0.373 e. The van der Waals surface area contributed by atoms with E-state index in [2.05, 4.69) is 20.3 Å². The molecule has 1 N–H and O–H groups in total. The number of hydrogen-bond donors (Lipinski definition) is 1. The number of rotatable bonds is 4. The van der Waals surface area contributed by atoms with Crippen molar-refractivity contribution in [3.05, 3.63) is 53.0 Å². The Bertz CT molecular complexity index is 932. The number of hydrogen-bond acceptors (Lipinski definition) is 7. The highest BCUT2D eigenvalue weighted by atomic mass is 16.6. The number of nitro groups is 1. The average Bonchev–Trinajstić information content (AvgIpc) is 2.53. The van der Waals surface area contributed by atoms with Gasteiger partial charge < -0.3 is 10.1 Å². The molecular formula is C17H17N5O3. The van der Waals surface area contributed by atoms with Crippen LogP contribution in [0.3, 0.4) is 0 Å². The first kappa shape index (κ1) is 16.6. The Kier molecular flexibility index (Phi) is 4.18. The van der Waals surface area contributed by atoms with Gasteiger partial charge in [-0.1, -0.05) is 18.2 Å². The lowest BCUT2D eigenvalue weighted by molar-refractivity contribution is -0.385. The third-order valence-corrected chi connectivity index (χ3v) is 3.27. The molecule has 0 spiro atoms. The van der Waals surface area contributed by atoms with Gasteiger partial charge in [0.1, 0.15) is 11.8 Å². The number of pyridine rings is 1. The molecule has 8 nitrogen and oxygen atoms in total. The molecule has 25 heavy (non-hydrogen) atoms. The van der Waals surface area contributed by atoms with E-state index in [4.69, 9.17) is 4.74 Å². The van der Waals surface area contributed by atoms with Crippen molar-refractivity contribution >= 4 is 22.4 Å². The second kappa shape index (κ2) is 6.31. The molecule has 3 aromatic rings. The number of aromatic nitrogens is 3. The molecule has 0 aliphatic rings. The van der Waals surface area contributed by atoms with Crippen molar-refractivity contribution in [2.45, 2.75) is 26.3 Å². The summed E-state index contributed by atoms with van der Waals surface area (Å²) in [6.45, 7) is 5.65. The highest BCUT2D eigenvalue weighted by Gasteiger charge is 2.27. The Hall–Kier alpha value is -3.29. The van der Waals surface area contributed by atoms with Gasteiger partial charge in [-0.05, 0) is 32.9 Å². The quantitative estimate of drug-likeness (QED) is 0.567. The van der Waals surface area contributed by atoms with Gasteiger partial charge in [-0.15, -0.1) is 0 Å². The molecule has 0 radical (unpaired) electrons. The van der Waals surface area contributed by atoms with Crippen molar-refractivity contribution in [1.29, 1.82) is 0 Å². The van der Waals surface area contributed by atoms with Crippen LogP contribution in [0.5, 0.6) is 11.6 Å². The monoisotopic (exact) mass is 339 g/mol. The van der Waals surface area contributed by atoms with E-state index in [-0.39, 0.29) is 17.4 Å². The Morgan fingerprint density at radius 3 is 2.60 bits per heavy atom. The molecule has 128 valence electrons. The van der Waals surface area contributed by atoms with Crippen LogP contribution in [0.4, 0.5) is 11.5 Å². The average molecular weight is 339 g/mol. The van der Waals surface area contributed by atoms with Gasteiger partial charge in [-0.25, -0.2) is 4.98 Å². The summed E-state index contributed by atoms with van der Waals surface area (Å²) in [5.74, 6) is 0.363. The van der Waals surface area contributed by atoms with E-state index in [0.29, 0.717) is 11.3 Å². The van der Waals surface area contributed by atoms with Crippen LogP contribution in [0, 0.1) is 10.1 Å². The minimum absolute atomic E-state index is 0.107. The molecule has 0 aliphatic heterocycles. The molecule has 8 heteroatoms. The molecule has 0 saturated heterocycles. The first-order valence-electron chi connectivity index (χ1n) is 7.64. The number of nitrogens with zero attached hydrogens (tertiary/aromatic N) is 4. The fourth-order valence-corrected chi connectivity index (χ4v) is 2.31. The van der Waals surface area contributed by atoms with Crippen LogP contribution >= 0.6 is 0 Å². The molecule has 0 amide bonds. The summed E-state index contributed by atoms with van der Waals surface area (Å²) in [7, 11) is 0. The number of para-hydroxylation sites is 1. The van der Waals surface area contributed by atoms with Crippen LogP contribution in [-0.2, 0) is 0 Å². The lowest BCUT2D eigenvalue weighted by Gasteiger charge is -2.21. The number of ether oxygens (including phenoxy) is 1. The SMILES string of the molecule is CC(C)(C)Nc1ncnc(Oc2cccc3cccnc23)c1[N+](=O)[O-]. The Labute approximate surface area is 144 Å². The van der Waals surface area contributed by atoms with E-state index in [9.17, 15) is 10.1 Å². The molecule has 1 aromatic carbocycles. The van der Waals surface area contributed by atoms with Crippen LogP contribution < -0.4 is 10.1 Å². The number of benzene rings is 1. The van der Waals surface area contributed by atoms with Gasteiger partial charge in [-0.3, -0.25) is 15.1 Å². The van der Waals surface area contributed by atoms with Crippen LogP contribution in [0.15, 0.2) is 42.9 Å². The van der Waals surface area contributed by atoms with E-state index < -0.39 is 10.5 Å². The first-order valence-corrected chi connectivity index (χ1v) is 7.64. The molecule has 3 rings (SSSR count). The van der Waals surface area contributed by atoms with E-state index in [1.165, 1.54) is 6.33 Å². The topological polar surface area (TPSA) is 103 Å². The molecule has 0 bridgehead atoms. The number of nitrogens with one attached hydrogen (secondary N) is 1. The molecule has 0 saturated carbocycles. The van der Waals surface area contributed by atoms with Crippen molar-refractivity contribution in [3.8, 4) is 11.6 Å². The van der Waals surface area contributed by atoms with Crippen molar-refractivity contribution in [1.82, 2.24) is 15.0 Å². The second-order valence-electron chi connectivity index (χ2n) is 6.44. The van der Waals surface area contributed by atoms with Gasteiger partial charge in [0.25, 0.3) is 0 Å². The molecule has 0 atom stereocenters. The minimum Gasteiger partial charge on any atom is -0.431 e. The van der Waals surface area contributed by atoms with Crippen molar-refractivity contribution in [3.63, 3.8) is 0 Å². The smallest absolute Gasteiger partial charge is 0.373 e. The Morgan fingerprint density at radius 2 is 1.88 bits per heavy atom. The van der Waals surface area contributed by atoms with E-state index in [1.54, 1.807) is 18.3 Å². The van der Waals surface area contributed by atoms with Gasteiger partial charge in [0, 0.05) is 17.1 Å². The normalized spacial score (nSPS) is 11.3. The predicted octanol–water partition coefficient (Wildman–Crippen LogP) is 3.94. The van der Waals surface area contributed by atoms with Gasteiger partial charge in [0.15, 0.2) is 5.75 Å². The molecule has 0 unspecified atom stereocenters. The van der Waals surface area contributed by atoms with Crippen LogP contribution in [0.2, 0.25) is 0 Å². The molecular weight excluding hydrogens is 322 g/mol. The van der Waals surface area contributed by atoms with Crippen molar-refractivity contribution < 1.29 is 9.66 Å². The summed E-state index contributed by atoms with van der Waals surface area (Å²) in [5.41, 5.74) is -0.120. The molecule has 2 aromatic heterocycles. The zero-order valence-corrected chi connectivity index (χ0v) is 14.1. The maximum absolute atomic E-state index is 11.6. The largest absolute Gasteiger partial charge is 0.431 e. The van der Waals surface area contributed by atoms with Crippen molar-refractivity contribution in [2.24, 2.45) is 0 Å². The van der Waals surface area contributed by atoms with Crippen LogP contribution in [0.25, 0.3) is 10.9 Å². The maximum atomic E-state index is 11.6. The van der Waals surface area contributed by atoms with Gasteiger partial charge in [0.05, 0.1) is 4.92 Å². The lowest BCUT2D eigenvalue weighted by atomic mass is 10.1. The fraction of sp³-hybridized carbons (Fsp3) is 0.235. The Balaban J connectivity index is 2.08. The zero-order valence-electron chi connectivity index (χ0n) is 14.1. The number of fused-ring (bicyclic) bond motifs is 1. The minimum atomic E-state index is -0.554. The highest BCUT2D eigenvalue weighted by molar-refractivity contribution is 5.84. The van der Waals surface area contributed by atoms with Gasteiger partial charge in [-0.2, -0.15) is 4.98 Å². The van der Waals surface area contributed by atoms with Crippen LogP contribution in [-0.4, -0.2) is 25.4 Å². The first-order chi connectivity index (χ1) is 11.8. The lowest BCUT2D eigenvalue weighted by Crippen LogP contribution is -2.27. The molecule has 2 heterocycles. The summed E-state index contributed by atoms with van der Waals surface area (Å²) >= 11 is 0. The number of anilines is 1. The standard InChI is InChI=1S/C17H17N5O3/c1-17(2,3)21-15-14(22(23)24)16(20-10-19-15)25-12-8-4-6-11-7-5-9-18-13(11)12/h4-10H,1-3H3,(H,19,20,21). The third kappa shape index (κ3) is 3.63. The second-order valence-corrected chi connectivity index (χ2v) is 6.44. The summed E-state index contributed by atoms with van der Waals surface area (Å²) in [6.07, 6.45) is 2.87.